The molecule has 2 amide bonds. The number of carbonyl (C=O) groups excluding carboxylic acids is 4. The standard InChI is InChI=1S/C26H34N6O10S2/c27-29-23-21(33)1-3-31(25(23)35)5-7-41-43(37,38)13-15-9-18-16-11-17(19(12-16)20(18)10-15)14-44(39,40)42-8-6-32-4-2-22(34)24(30-28)26(32)36/h15-20H,1-14H2. The molecule has 0 aromatic carbocycles. The molecule has 2 bridgehead atoms. The number of piperidine rings is 2. The molecule has 5 aliphatic rings. The lowest BCUT2D eigenvalue weighted by atomic mass is 9.76. The second-order valence-corrected chi connectivity index (χ2v) is 15.6. The van der Waals surface area contributed by atoms with Crippen LogP contribution in [-0.2, 0) is 47.8 Å². The highest BCUT2D eigenvalue weighted by molar-refractivity contribution is 7.87. The van der Waals surface area contributed by atoms with Gasteiger partial charge in [-0.25, -0.2) is 0 Å². The monoisotopic (exact) mass is 654 g/mol. The number of nitrogens with zero attached hydrogens (tertiary/aromatic N) is 6. The van der Waals surface area contributed by atoms with E-state index in [0.29, 0.717) is 18.3 Å². The molecule has 2 heterocycles. The van der Waals surface area contributed by atoms with Crippen LogP contribution in [0, 0.1) is 35.5 Å². The van der Waals surface area contributed by atoms with Gasteiger partial charge in [-0.15, -0.1) is 0 Å². The fraction of sp³-hybridized carbons (Fsp3) is 0.769. The highest BCUT2D eigenvalue weighted by Crippen LogP contribution is 2.62. The minimum absolute atomic E-state index is 0.0231. The summed E-state index contributed by atoms with van der Waals surface area (Å²) in [5.41, 5.74) is 16.6. The van der Waals surface area contributed by atoms with Crippen LogP contribution in [0.1, 0.15) is 38.5 Å². The summed E-state index contributed by atoms with van der Waals surface area (Å²) in [6.07, 6.45) is 2.95. The summed E-state index contributed by atoms with van der Waals surface area (Å²) in [6.45, 7) is -0.555. The average Bonchev–Trinajstić information content (AvgIpc) is 3.63. The van der Waals surface area contributed by atoms with Gasteiger partial charge in [-0.05, 0) is 61.2 Å². The molecule has 0 N–H and O–H groups in total. The Balaban J connectivity index is 1.07. The van der Waals surface area contributed by atoms with Crippen molar-refractivity contribution in [3.8, 4) is 0 Å². The minimum Gasteiger partial charge on any atom is -0.360 e. The number of likely N-dealkylation sites (tertiary alicyclic amines) is 2. The maximum absolute atomic E-state index is 12.8. The van der Waals surface area contributed by atoms with E-state index < -0.39 is 55.0 Å². The first-order valence-corrected chi connectivity index (χ1v) is 17.8. The van der Waals surface area contributed by atoms with Crippen LogP contribution in [0.2, 0.25) is 0 Å². The molecule has 3 saturated carbocycles. The fourth-order valence-corrected chi connectivity index (χ4v) is 10.5. The summed E-state index contributed by atoms with van der Waals surface area (Å²) in [5, 5.41) is 0. The highest BCUT2D eigenvalue weighted by Gasteiger charge is 2.56. The van der Waals surface area contributed by atoms with E-state index in [2.05, 4.69) is 9.58 Å². The summed E-state index contributed by atoms with van der Waals surface area (Å²) < 4.78 is 61.4. The van der Waals surface area contributed by atoms with Gasteiger partial charge in [0.15, 0.2) is 0 Å². The van der Waals surface area contributed by atoms with E-state index in [1.165, 1.54) is 9.80 Å². The largest absolute Gasteiger partial charge is 0.421 e. The van der Waals surface area contributed by atoms with Gasteiger partial charge in [0.1, 0.15) is 0 Å². The number of carbonyl (C=O) groups is 4. The number of hydrogen-bond acceptors (Lipinski definition) is 10. The Hall–Kier alpha value is -3.14. The summed E-state index contributed by atoms with van der Waals surface area (Å²) >= 11 is 0. The lowest BCUT2D eigenvalue weighted by Gasteiger charge is -2.31. The van der Waals surface area contributed by atoms with Crippen molar-refractivity contribution in [3.63, 3.8) is 0 Å². The third kappa shape index (κ3) is 6.75. The summed E-state index contributed by atoms with van der Waals surface area (Å²) in [7, 11) is -7.81. The van der Waals surface area contributed by atoms with Crippen molar-refractivity contribution in [3.05, 3.63) is 11.1 Å². The van der Waals surface area contributed by atoms with E-state index in [9.17, 15) is 36.0 Å². The number of Topliss-reactive ketones (excluding diaryl/α,β-unsaturated/α-hetero) is 2. The van der Waals surface area contributed by atoms with Crippen LogP contribution in [0.4, 0.5) is 0 Å². The van der Waals surface area contributed by atoms with Gasteiger partial charge in [0.25, 0.3) is 31.8 Å². The molecule has 5 fully saturated rings. The smallest absolute Gasteiger partial charge is 0.360 e. The number of fused-ring (bicyclic) bond motifs is 5. The van der Waals surface area contributed by atoms with Gasteiger partial charge in [-0.1, -0.05) is 0 Å². The molecule has 2 aliphatic heterocycles. The number of rotatable bonds is 12. The molecule has 0 aromatic heterocycles. The van der Waals surface area contributed by atoms with Gasteiger partial charge in [0.05, 0.1) is 24.7 Å². The lowest BCUT2D eigenvalue weighted by molar-refractivity contribution is -0.136. The zero-order chi connectivity index (χ0) is 31.8. The van der Waals surface area contributed by atoms with E-state index in [-0.39, 0.29) is 87.4 Å². The molecule has 18 heteroatoms. The maximum Gasteiger partial charge on any atom is 0.421 e. The van der Waals surface area contributed by atoms with Gasteiger partial charge >= 0.3 is 23.2 Å². The predicted octanol–water partition coefficient (Wildman–Crippen LogP) is -1.08. The molecule has 0 radical (unpaired) electrons. The quantitative estimate of drug-likeness (QED) is 0.140. The molecule has 0 spiro atoms. The van der Waals surface area contributed by atoms with Gasteiger partial charge < -0.3 is 20.9 Å². The second kappa shape index (κ2) is 12.7. The van der Waals surface area contributed by atoms with Crippen molar-refractivity contribution in [1.29, 1.82) is 0 Å². The van der Waals surface area contributed by atoms with Crippen LogP contribution in [0.3, 0.4) is 0 Å². The molecular formula is C26H34N6O10S2. The van der Waals surface area contributed by atoms with E-state index in [4.69, 9.17) is 19.4 Å². The van der Waals surface area contributed by atoms with Crippen LogP contribution in [0.5, 0.6) is 0 Å². The molecule has 6 unspecified atom stereocenters. The molecule has 6 atom stereocenters. The zero-order valence-electron chi connectivity index (χ0n) is 23.9. The molecule has 0 aromatic rings. The predicted molar refractivity (Wildman–Crippen MR) is 149 cm³/mol. The van der Waals surface area contributed by atoms with E-state index >= 15 is 0 Å². The molecule has 2 saturated heterocycles. The van der Waals surface area contributed by atoms with E-state index in [0.717, 1.165) is 19.3 Å². The molecule has 5 rings (SSSR count). The molecule has 16 nitrogen and oxygen atoms in total. The Morgan fingerprint density at radius 2 is 1.18 bits per heavy atom. The summed E-state index contributed by atoms with van der Waals surface area (Å²) in [6, 6.07) is 0. The molecule has 44 heavy (non-hydrogen) atoms. The zero-order valence-corrected chi connectivity index (χ0v) is 25.6. The first kappa shape index (κ1) is 32.3. The normalized spacial score (nSPS) is 30.6. The lowest BCUT2D eigenvalue weighted by Crippen LogP contribution is -2.48. The Kier molecular flexibility index (Phi) is 9.31. The first-order chi connectivity index (χ1) is 20.8. The Morgan fingerprint density at radius 1 is 0.682 bits per heavy atom. The molecule has 3 aliphatic carbocycles. The fourth-order valence-electron chi connectivity index (χ4n) is 7.92. The van der Waals surface area contributed by atoms with Crippen molar-refractivity contribution in [2.45, 2.75) is 38.5 Å². The van der Waals surface area contributed by atoms with Crippen LogP contribution >= 0.6 is 0 Å². The number of ketones is 2. The third-order valence-electron chi connectivity index (χ3n) is 9.73. The van der Waals surface area contributed by atoms with Crippen LogP contribution < -0.4 is 0 Å². The van der Waals surface area contributed by atoms with Gasteiger partial charge in [0, 0.05) is 39.0 Å². The van der Waals surface area contributed by atoms with E-state index in [1.54, 1.807) is 0 Å². The van der Waals surface area contributed by atoms with Gasteiger partial charge in [-0.3, -0.25) is 27.5 Å². The molecule has 240 valence electrons. The minimum atomic E-state index is -3.91. The summed E-state index contributed by atoms with van der Waals surface area (Å²) in [4.78, 5) is 55.5. The number of amides is 2. The van der Waals surface area contributed by atoms with Crippen LogP contribution in [0.25, 0.3) is 11.1 Å². The second-order valence-electron chi connectivity index (χ2n) is 12.2. The Bertz CT molecular complexity index is 1570. The van der Waals surface area contributed by atoms with Crippen LogP contribution in [-0.4, -0.2) is 122 Å². The van der Waals surface area contributed by atoms with Crippen molar-refractivity contribution in [2.75, 3.05) is 50.9 Å². The molecular weight excluding hydrogens is 620 g/mol. The maximum atomic E-state index is 12.8. The van der Waals surface area contributed by atoms with Crippen molar-refractivity contribution in [2.24, 2.45) is 35.5 Å². The van der Waals surface area contributed by atoms with Gasteiger partial charge in [-0.2, -0.15) is 26.4 Å². The Labute approximate surface area is 254 Å². The topological polar surface area (TPSA) is 234 Å². The van der Waals surface area contributed by atoms with E-state index in [1.807, 2.05) is 0 Å². The SMILES string of the molecule is [N-]=[N+]=C1C(=O)CCN(CCOS(=O)(=O)CC2CC3C4CC(CS(=O)(=O)OCCN5CCC(=O)C(=[N+]=[N-])C5=O)C(C4)C3C2)C1=O. The number of hydrogen-bond donors (Lipinski definition) is 0. The average molecular weight is 655 g/mol. The Morgan fingerprint density at radius 3 is 1.70 bits per heavy atom. The van der Waals surface area contributed by atoms with Crippen LogP contribution in [0.15, 0.2) is 0 Å². The van der Waals surface area contributed by atoms with Crippen molar-refractivity contribution < 1.29 is 54.0 Å². The first-order valence-electron chi connectivity index (χ1n) is 14.7. The van der Waals surface area contributed by atoms with Crippen molar-refractivity contribution in [1.82, 2.24) is 9.80 Å². The third-order valence-corrected chi connectivity index (χ3v) is 12.5. The van der Waals surface area contributed by atoms with Gasteiger partial charge in [0.2, 0.25) is 0 Å². The summed E-state index contributed by atoms with van der Waals surface area (Å²) in [5.74, 6) is -2.27. The van der Waals surface area contributed by atoms with Crippen molar-refractivity contribution >= 4 is 55.0 Å². The highest BCUT2D eigenvalue weighted by atomic mass is 32.2.